The Morgan fingerprint density at radius 1 is 1.00 bits per heavy atom. The van der Waals surface area contributed by atoms with Crippen molar-refractivity contribution in [3.8, 4) is 5.75 Å². The maximum atomic E-state index is 12.4. The Hall–Kier alpha value is -3.65. The Kier molecular flexibility index (Phi) is 6.28. The van der Waals surface area contributed by atoms with Crippen LogP contribution in [0.1, 0.15) is 16.2 Å². The van der Waals surface area contributed by atoms with E-state index in [0.29, 0.717) is 36.0 Å². The number of benzene rings is 2. The quantitative estimate of drug-likeness (QED) is 0.631. The lowest BCUT2D eigenvalue weighted by Gasteiger charge is -2.28. The molecule has 0 atom stereocenters. The Labute approximate surface area is 181 Å². The first-order valence-corrected chi connectivity index (χ1v) is 10.1. The molecule has 1 saturated heterocycles. The Bertz CT molecular complexity index is 1030. The highest BCUT2D eigenvalue weighted by atomic mass is 16.5. The molecule has 1 amide bonds. The van der Waals surface area contributed by atoms with Crippen molar-refractivity contribution in [2.45, 2.75) is 6.92 Å². The van der Waals surface area contributed by atoms with Gasteiger partial charge in [-0.25, -0.2) is 9.97 Å². The predicted octanol–water partition coefficient (Wildman–Crippen LogP) is 3.63. The number of aromatic nitrogens is 2. The van der Waals surface area contributed by atoms with Crippen LogP contribution in [0.4, 0.5) is 23.0 Å². The number of ether oxygens (including phenoxy) is 2. The molecule has 0 spiro atoms. The average Bonchev–Trinajstić information content (AvgIpc) is 2.80. The van der Waals surface area contributed by atoms with Crippen molar-refractivity contribution in [3.05, 3.63) is 66.0 Å². The number of hydrogen-bond acceptors (Lipinski definition) is 7. The van der Waals surface area contributed by atoms with Crippen LogP contribution in [0, 0.1) is 6.92 Å². The topological polar surface area (TPSA) is 88.6 Å². The minimum Gasteiger partial charge on any atom is -0.497 e. The van der Waals surface area contributed by atoms with E-state index in [2.05, 4.69) is 25.5 Å². The van der Waals surface area contributed by atoms with Crippen molar-refractivity contribution < 1.29 is 14.3 Å². The van der Waals surface area contributed by atoms with Crippen LogP contribution >= 0.6 is 0 Å². The Morgan fingerprint density at radius 3 is 2.35 bits per heavy atom. The number of nitrogens with one attached hydrogen (secondary N) is 2. The summed E-state index contributed by atoms with van der Waals surface area (Å²) in [6.07, 6.45) is 0. The minimum atomic E-state index is -0.176. The molecule has 2 heterocycles. The van der Waals surface area contributed by atoms with Crippen LogP contribution in [0.25, 0.3) is 0 Å². The van der Waals surface area contributed by atoms with Gasteiger partial charge in [0.15, 0.2) is 0 Å². The number of amides is 1. The zero-order valence-corrected chi connectivity index (χ0v) is 17.6. The third kappa shape index (κ3) is 5.29. The van der Waals surface area contributed by atoms with E-state index in [4.69, 9.17) is 9.47 Å². The van der Waals surface area contributed by atoms with Crippen molar-refractivity contribution in [1.29, 1.82) is 0 Å². The lowest BCUT2D eigenvalue weighted by molar-refractivity contribution is 0.102. The summed E-state index contributed by atoms with van der Waals surface area (Å²) in [7, 11) is 1.59. The summed E-state index contributed by atoms with van der Waals surface area (Å²) in [5, 5.41) is 6.21. The van der Waals surface area contributed by atoms with Gasteiger partial charge in [0.25, 0.3) is 5.91 Å². The zero-order valence-electron chi connectivity index (χ0n) is 17.6. The summed E-state index contributed by atoms with van der Waals surface area (Å²) >= 11 is 0. The van der Waals surface area contributed by atoms with Crippen LogP contribution in [0.2, 0.25) is 0 Å². The van der Waals surface area contributed by atoms with Gasteiger partial charge in [-0.05, 0) is 55.5 Å². The maximum Gasteiger partial charge on any atom is 0.255 e. The van der Waals surface area contributed by atoms with E-state index >= 15 is 0 Å². The molecule has 0 bridgehead atoms. The van der Waals surface area contributed by atoms with Crippen molar-refractivity contribution in [1.82, 2.24) is 9.97 Å². The molecule has 0 unspecified atom stereocenters. The standard InChI is InChI=1S/C23H25N5O3/c1-16-24-21(15-22(25-16)28-11-13-31-14-12-28)26-18-5-7-19(8-6-18)27-23(29)17-3-9-20(30-2)10-4-17/h3-10,15H,11-14H2,1-2H3,(H,27,29)(H,24,25,26). The molecule has 160 valence electrons. The normalized spacial score (nSPS) is 13.5. The van der Waals surface area contributed by atoms with Crippen molar-refractivity contribution in [3.63, 3.8) is 0 Å². The molecule has 1 aliphatic rings. The van der Waals surface area contributed by atoms with Gasteiger partial charge in [0.05, 0.1) is 20.3 Å². The van der Waals surface area contributed by atoms with Crippen molar-refractivity contribution >= 4 is 28.9 Å². The number of methoxy groups -OCH3 is 1. The largest absolute Gasteiger partial charge is 0.497 e. The van der Waals surface area contributed by atoms with E-state index in [1.165, 1.54) is 0 Å². The number of hydrogen-bond donors (Lipinski definition) is 2. The highest BCUT2D eigenvalue weighted by molar-refractivity contribution is 6.04. The fraction of sp³-hybridized carbons (Fsp3) is 0.261. The zero-order chi connectivity index (χ0) is 21.6. The smallest absolute Gasteiger partial charge is 0.255 e. The summed E-state index contributed by atoms with van der Waals surface area (Å²) < 4.78 is 10.5. The first kappa shape index (κ1) is 20.6. The molecule has 1 fully saturated rings. The Balaban J connectivity index is 1.41. The lowest BCUT2D eigenvalue weighted by Crippen LogP contribution is -2.36. The summed E-state index contributed by atoms with van der Waals surface area (Å²) in [5.74, 6) is 2.86. The van der Waals surface area contributed by atoms with Gasteiger partial charge in [0.1, 0.15) is 23.2 Å². The van der Waals surface area contributed by atoms with E-state index < -0.39 is 0 Å². The predicted molar refractivity (Wildman–Crippen MR) is 120 cm³/mol. The van der Waals surface area contributed by atoms with E-state index in [1.807, 2.05) is 37.3 Å². The monoisotopic (exact) mass is 419 g/mol. The second-order valence-corrected chi connectivity index (χ2v) is 7.14. The molecular weight excluding hydrogens is 394 g/mol. The molecule has 2 N–H and O–H groups in total. The number of morpholine rings is 1. The third-order valence-electron chi connectivity index (χ3n) is 4.93. The van der Waals surface area contributed by atoms with Gasteiger partial charge in [0, 0.05) is 36.1 Å². The summed E-state index contributed by atoms with van der Waals surface area (Å²) in [6, 6.07) is 16.4. The van der Waals surface area contributed by atoms with Gasteiger partial charge in [-0.1, -0.05) is 0 Å². The maximum absolute atomic E-state index is 12.4. The van der Waals surface area contributed by atoms with Crippen molar-refractivity contribution in [2.75, 3.05) is 48.9 Å². The fourth-order valence-corrected chi connectivity index (χ4v) is 3.30. The molecule has 8 heteroatoms. The molecule has 0 saturated carbocycles. The lowest BCUT2D eigenvalue weighted by atomic mass is 10.2. The van der Waals surface area contributed by atoms with Crippen LogP contribution in [0.5, 0.6) is 5.75 Å². The SMILES string of the molecule is COc1ccc(C(=O)Nc2ccc(Nc3cc(N4CCOCC4)nc(C)n3)cc2)cc1. The van der Waals surface area contributed by atoms with E-state index in [9.17, 15) is 4.79 Å². The van der Waals surface area contributed by atoms with E-state index in [-0.39, 0.29) is 5.91 Å². The number of carbonyl (C=O) groups excluding carboxylic acids is 1. The first-order chi connectivity index (χ1) is 15.1. The van der Waals surface area contributed by atoms with Crippen molar-refractivity contribution in [2.24, 2.45) is 0 Å². The minimum absolute atomic E-state index is 0.176. The van der Waals surface area contributed by atoms with Crippen LogP contribution in [0.3, 0.4) is 0 Å². The third-order valence-corrected chi connectivity index (χ3v) is 4.93. The highest BCUT2D eigenvalue weighted by Gasteiger charge is 2.14. The van der Waals surface area contributed by atoms with Crippen LogP contribution in [-0.2, 0) is 4.74 Å². The molecule has 31 heavy (non-hydrogen) atoms. The van der Waals surface area contributed by atoms with Gasteiger partial charge in [-0.3, -0.25) is 4.79 Å². The number of aryl methyl sites for hydroxylation is 1. The Morgan fingerprint density at radius 2 is 1.68 bits per heavy atom. The molecule has 1 aromatic heterocycles. The fourth-order valence-electron chi connectivity index (χ4n) is 3.30. The first-order valence-electron chi connectivity index (χ1n) is 10.1. The molecule has 8 nitrogen and oxygen atoms in total. The van der Waals surface area contributed by atoms with E-state index in [0.717, 1.165) is 30.4 Å². The number of carbonyl (C=O) groups is 1. The van der Waals surface area contributed by atoms with Gasteiger partial charge >= 0.3 is 0 Å². The van der Waals surface area contributed by atoms with Crippen LogP contribution < -0.4 is 20.3 Å². The summed E-state index contributed by atoms with van der Waals surface area (Å²) in [6.45, 7) is 4.93. The van der Waals surface area contributed by atoms with Crippen LogP contribution in [0.15, 0.2) is 54.6 Å². The summed E-state index contributed by atoms with van der Waals surface area (Å²) in [5.41, 5.74) is 2.14. The molecule has 4 rings (SSSR count). The molecule has 1 aliphatic heterocycles. The molecule has 2 aromatic carbocycles. The van der Waals surface area contributed by atoms with E-state index in [1.54, 1.807) is 31.4 Å². The highest BCUT2D eigenvalue weighted by Crippen LogP contribution is 2.22. The number of anilines is 4. The number of nitrogens with zero attached hydrogens (tertiary/aromatic N) is 3. The van der Waals surface area contributed by atoms with Gasteiger partial charge in [0.2, 0.25) is 0 Å². The molecule has 0 aliphatic carbocycles. The molecule has 0 radical (unpaired) electrons. The van der Waals surface area contributed by atoms with Gasteiger partial charge in [-0.15, -0.1) is 0 Å². The second-order valence-electron chi connectivity index (χ2n) is 7.14. The van der Waals surface area contributed by atoms with Gasteiger partial charge in [-0.2, -0.15) is 0 Å². The summed E-state index contributed by atoms with van der Waals surface area (Å²) in [4.78, 5) is 23.7. The number of rotatable bonds is 6. The van der Waals surface area contributed by atoms with Crippen LogP contribution in [-0.4, -0.2) is 49.3 Å². The second kappa shape index (κ2) is 9.44. The van der Waals surface area contributed by atoms with Gasteiger partial charge < -0.3 is 25.0 Å². The molecular formula is C23H25N5O3. The average molecular weight is 419 g/mol. The molecule has 3 aromatic rings.